The number of nitrogens with zero attached hydrogens (tertiary/aromatic N) is 6. The minimum absolute atomic E-state index is 0.0104. The number of anilines is 3. The van der Waals surface area contributed by atoms with Gasteiger partial charge in [-0.25, -0.2) is 14.4 Å². The molecule has 1 atom stereocenters. The number of likely N-dealkylation sites (N-methyl/N-ethyl adjacent to an activating group) is 1. The summed E-state index contributed by atoms with van der Waals surface area (Å²) in [6.07, 6.45) is 4.95. The molecule has 216 valence electrons. The topological polar surface area (TPSA) is 142 Å². The second-order valence-corrected chi connectivity index (χ2v) is 10.7. The number of nitrogens with one attached hydrogen (secondary N) is 2. The Labute approximate surface area is 233 Å². The SMILES string of the molecule is COC1CC(N(C)CCN2CCCC2)=C([N+](=O)[O-])C=C1Nc1ncnc(Nc2cc(C)c(F)cc2C(C)(C)O)n1. The van der Waals surface area contributed by atoms with Crippen molar-refractivity contribution in [3.63, 3.8) is 0 Å². The van der Waals surface area contributed by atoms with Crippen LogP contribution in [0.25, 0.3) is 0 Å². The predicted molar refractivity (Wildman–Crippen MR) is 149 cm³/mol. The summed E-state index contributed by atoms with van der Waals surface area (Å²) < 4.78 is 19.9. The average Bonchev–Trinajstić information content (AvgIpc) is 3.42. The molecular formula is C27H37FN8O4. The highest BCUT2D eigenvalue weighted by Gasteiger charge is 2.32. The van der Waals surface area contributed by atoms with Gasteiger partial charge < -0.3 is 30.3 Å². The van der Waals surface area contributed by atoms with Crippen molar-refractivity contribution >= 4 is 17.6 Å². The standard InChI is InChI=1S/C27H37FN8O4/c1-17-12-20(18(13-19(17)28)27(2,3)37)31-25-29-16-30-26(33-25)32-21-14-23(36(38)39)22(15-24(21)40-5)34(4)10-11-35-8-6-7-9-35/h12-14,16,24,37H,6-11,15H2,1-5H3,(H2,29,30,31,32,33). The van der Waals surface area contributed by atoms with E-state index in [9.17, 15) is 19.6 Å². The second-order valence-electron chi connectivity index (χ2n) is 10.7. The molecule has 2 aromatic rings. The fourth-order valence-electron chi connectivity index (χ4n) is 4.94. The Bertz CT molecular complexity index is 1300. The summed E-state index contributed by atoms with van der Waals surface area (Å²) >= 11 is 0. The van der Waals surface area contributed by atoms with Gasteiger partial charge in [-0.15, -0.1) is 0 Å². The summed E-state index contributed by atoms with van der Waals surface area (Å²) in [5.74, 6) is -0.152. The molecule has 40 heavy (non-hydrogen) atoms. The molecule has 1 unspecified atom stereocenters. The summed E-state index contributed by atoms with van der Waals surface area (Å²) in [5, 5.41) is 28.7. The van der Waals surface area contributed by atoms with Gasteiger partial charge in [0.15, 0.2) is 0 Å². The smallest absolute Gasteiger partial charge is 0.290 e. The number of halogens is 1. The third-order valence-corrected chi connectivity index (χ3v) is 7.24. The second kappa shape index (κ2) is 12.2. The molecular weight excluding hydrogens is 519 g/mol. The highest BCUT2D eigenvalue weighted by Crippen LogP contribution is 2.32. The fourth-order valence-corrected chi connectivity index (χ4v) is 4.94. The van der Waals surface area contributed by atoms with Crippen LogP contribution in [-0.4, -0.2) is 81.2 Å². The van der Waals surface area contributed by atoms with E-state index >= 15 is 0 Å². The summed E-state index contributed by atoms with van der Waals surface area (Å²) in [6, 6.07) is 2.85. The number of methoxy groups -OCH3 is 1. The Balaban J connectivity index is 1.57. The quantitative estimate of drug-likeness (QED) is 0.276. The van der Waals surface area contributed by atoms with Crippen molar-refractivity contribution in [2.45, 2.75) is 51.7 Å². The zero-order valence-electron chi connectivity index (χ0n) is 23.6. The lowest BCUT2D eigenvalue weighted by molar-refractivity contribution is -0.421. The molecule has 1 aromatic carbocycles. The van der Waals surface area contributed by atoms with Crippen LogP contribution in [0.15, 0.2) is 41.6 Å². The van der Waals surface area contributed by atoms with Crippen LogP contribution in [0.3, 0.4) is 0 Å². The van der Waals surface area contributed by atoms with E-state index in [1.807, 2.05) is 11.9 Å². The first kappa shape index (κ1) is 29.3. The lowest BCUT2D eigenvalue weighted by atomic mass is 9.95. The summed E-state index contributed by atoms with van der Waals surface area (Å²) in [5.41, 5.74) is 0.872. The molecule has 2 aliphatic rings. The Morgan fingerprint density at radius 1 is 1.25 bits per heavy atom. The average molecular weight is 557 g/mol. The van der Waals surface area contributed by atoms with Crippen molar-refractivity contribution in [3.8, 4) is 0 Å². The molecule has 0 amide bonds. The predicted octanol–water partition coefficient (Wildman–Crippen LogP) is 3.52. The molecule has 0 bridgehead atoms. The van der Waals surface area contributed by atoms with E-state index in [1.54, 1.807) is 33.9 Å². The molecule has 1 aromatic heterocycles. The van der Waals surface area contributed by atoms with Gasteiger partial charge in [0.25, 0.3) is 5.70 Å². The number of aryl methyl sites for hydroxylation is 1. The lowest BCUT2D eigenvalue weighted by Gasteiger charge is -2.30. The Morgan fingerprint density at radius 3 is 2.55 bits per heavy atom. The molecule has 3 N–H and O–H groups in total. The molecule has 4 rings (SSSR count). The molecule has 1 fully saturated rings. The van der Waals surface area contributed by atoms with Gasteiger partial charge in [-0.1, -0.05) is 0 Å². The number of nitro groups is 1. The molecule has 1 aliphatic carbocycles. The Kier molecular flexibility index (Phi) is 8.96. The number of aromatic nitrogens is 3. The van der Waals surface area contributed by atoms with Crippen molar-refractivity contribution in [2.75, 3.05) is 51.0 Å². The molecule has 13 heteroatoms. The van der Waals surface area contributed by atoms with Crippen molar-refractivity contribution in [1.29, 1.82) is 0 Å². The number of aliphatic hydroxyl groups is 1. The highest BCUT2D eigenvalue weighted by molar-refractivity contribution is 5.62. The Morgan fingerprint density at radius 2 is 1.93 bits per heavy atom. The van der Waals surface area contributed by atoms with Crippen LogP contribution in [0, 0.1) is 22.9 Å². The van der Waals surface area contributed by atoms with Crippen LogP contribution in [0.1, 0.15) is 44.2 Å². The monoisotopic (exact) mass is 556 g/mol. The van der Waals surface area contributed by atoms with E-state index < -0.39 is 17.5 Å². The number of hydrogen-bond donors (Lipinski definition) is 3. The van der Waals surface area contributed by atoms with Crippen LogP contribution in [0.2, 0.25) is 0 Å². The maximum Gasteiger partial charge on any atom is 0.290 e. The molecule has 0 saturated carbocycles. The van der Waals surface area contributed by atoms with E-state index in [4.69, 9.17) is 4.74 Å². The first-order chi connectivity index (χ1) is 19.0. The molecule has 12 nitrogen and oxygen atoms in total. The van der Waals surface area contributed by atoms with Crippen molar-refractivity contribution in [2.24, 2.45) is 0 Å². The zero-order chi connectivity index (χ0) is 29.0. The van der Waals surface area contributed by atoms with Crippen LogP contribution >= 0.6 is 0 Å². The van der Waals surface area contributed by atoms with Crippen molar-refractivity contribution < 1.29 is 19.2 Å². The molecule has 0 radical (unpaired) electrons. The minimum atomic E-state index is -1.33. The summed E-state index contributed by atoms with van der Waals surface area (Å²) in [7, 11) is 3.42. The first-order valence-electron chi connectivity index (χ1n) is 13.3. The number of rotatable bonds is 11. The Hall–Kier alpha value is -3.68. The van der Waals surface area contributed by atoms with E-state index in [-0.39, 0.29) is 22.5 Å². The molecule has 1 saturated heterocycles. The normalized spacial score (nSPS) is 18.1. The van der Waals surface area contributed by atoms with Crippen molar-refractivity contribution in [1.82, 2.24) is 24.8 Å². The van der Waals surface area contributed by atoms with E-state index in [2.05, 4.69) is 30.5 Å². The molecule has 2 heterocycles. The highest BCUT2D eigenvalue weighted by atomic mass is 19.1. The number of likely N-dealkylation sites (tertiary alicyclic amines) is 1. The number of hydrogen-bond acceptors (Lipinski definition) is 11. The van der Waals surface area contributed by atoms with Gasteiger partial charge in [0.2, 0.25) is 11.9 Å². The van der Waals surface area contributed by atoms with Crippen molar-refractivity contribution in [3.05, 3.63) is 68.7 Å². The number of allylic oxidation sites excluding steroid dienone is 1. The van der Waals surface area contributed by atoms with Gasteiger partial charge in [-0.3, -0.25) is 10.1 Å². The molecule has 0 spiro atoms. The maximum absolute atomic E-state index is 14.2. The zero-order valence-corrected chi connectivity index (χ0v) is 23.6. The minimum Gasteiger partial charge on any atom is -0.386 e. The van der Waals surface area contributed by atoms with Crippen LogP contribution in [0.5, 0.6) is 0 Å². The van der Waals surface area contributed by atoms with Crippen LogP contribution in [0.4, 0.5) is 22.0 Å². The molecule has 1 aliphatic heterocycles. The van der Waals surface area contributed by atoms with Gasteiger partial charge in [0, 0.05) is 51.0 Å². The third-order valence-electron chi connectivity index (χ3n) is 7.24. The lowest BCUT2D eigenvalue weighted by Crippen LogP contribution is -2.35. The van der Waals surface area contributed by atoms with Crippen LogP contribution in [-0.2, 0) is 10.3 Å². The fraction of sp³-hybridized carbons (Fsp3) is 0.519. The van der Waals surface area contributed by atoms with E-state index in [1.165, 1.54) is 31.3 Å². The summed E-state index contributed by atoms with van der Waals surface area (Å²) in [6.45, 7) is 8.38. The maximum atomic E-state index is 14.2. The van der Waals surface area contributed by atoms with E-state index in [0.29, 0.717) is 41.2 Å². The van der Waals surface area contributed by atoms with Gasteiger partial charge >= 0.3 is 0 Å². The van der Waals surface area contributed by atoms with Gasteiger partial charge in [0.05, 0.1) is 21.9 Å². The van der Waals surface area contributed by atoms with Crippen LogP contribution < -0.4 is 10.6 Å². The third kappa shape index (κ3) is 6.90. The number of ether oxygens (including phenoxy) is 1. The number of benzene rings is 1. The van der Waals surface area contributed by atoms with Gasteiger partial charge in [0.1, 0.15) is 18.2 Å². The summed E-state index contributed by atoms with van der Waals surface area (Å²) in [4.78, 5) is 28.7. The van der Waals surface area contributed by atoms with Gasteiger partial charge in [-0.05, 0) is 64.4 Å². The largest absolute Gasteiger partial charge is 0.386 e. The van der Waals surface area contributed by atoms with E-state index in [0.717, 1.165) is 19.6 Å². The first-order valence-corrected chi connectivity index (χ1v) is 13.3. The van der Waals surface area contributed by atoms with Gasteiger partial charge in [-0.2, -0.15) is 4.98 Å².